The summed E-state index contributed by atoms with van der Waals surface area (Å²) >= 11 is 6.20. The van der Waals surface area contributed by atoms with Crippen LogP contribution in [0.1, 0.15) is 30.1 Å². The lowest BCUT2D eigenvalue weighted by Gasteiger charge is -2.30. The molecule has 116 valence electrons. The van der Waals surface area contributed by atoms with Crippen LogP contribution in [0.25, 0.3) is 0 Å². The molecule has 0 bridgehead atoms. The topological polar surface area (TPSA) is 64.8 Å². The van der Waals surface area contributed by atoms with Crippen LogP contribution in [0.2, 0.25) is 5.02 Å². The maximum Gasteiger partial charge on any atom is 0.254 e. The molecule has 2 N–H and O–H groups in total. The first kappa shape index (κ1) is 15.9. The number of hydrogen-bond acceptors (Lipinski definition) is 4. The van der Waals surface area contributed by atoms with Crippen molar-refractivity contribution in [3.63, 3.8) is 0 Å². The van der Waals surface area contributed by atoms with Crippen LogP contribution in [0.4, 0.5) is 0 Å². The number of ether oxygens (including phenoxy) is 2. The van der Waals surface area contributed by atoms with Crippen molar-refractivity contribution in [2.24, 2.45) is 5.73 Å². The van der Waals surface area contributed by atoms with Gasteiger partial charge in [-0.25, -0.2) is 0 Å². The predicted octanol–water partition coefficient (Wildman–Crippen LogP) is 2.31. The number of piperidine rings is 1. The quantitative estimate of drug-likeness (QED) is 0.926. The van der Waals surface area contributed by atoms with Crippen LogP contribution in [0.3, 0.4) is 0 Å². The summed E-state index contributed by atoms with van der Waals surface area (Å²) in [5.41, 5.74) is 6.37. The minimum Gasteiger partial charge on any atom is -0.493 e. The van der Waals surface area contributed by atoms with Gasteiger partial charge in [-0.15, -0.1) is 0 Å². The lowest BCUT2D eigenvalue weighted by atomic mass is 10.0. The number of amides is 1. The molecule has 0 spiro atoms. The molecule has 1 heterocycles. The predicted molar refractivity (Wildman–Crippen MR) is 82.3 cm³/mol. The van der Waals surface area contributed by atoms with Crippen LogP contribution < -0.4 is 15.2 Å². The number of halogens is 1. The van der Waals surface area contributed by atoms with Gasteiger partial charge in [0.05, 0.1) is 18.7 Å². The molecule has 1 amide bonds. The van der Waals surface area contributed by atoms with Crippen molar-refractivity contribution in [1.29, 1.82) is 0 Å². The number of methoxy groups -OCH3 is 1. The summed E-state index contributed by atoms with van der Waals surface area (Å²) in [5.74, 6) is 0.894. The van der Waals surface area contributed by atoms with Gasteiger partial charge in [0, 0.05) is 24.7 Å². The molecule has 0 radical (unpaired) electrons. The largest absolute Gasteiger partial charge is 0.493 e. The van der Waals surface area contributed by atoms with Gasteiger partial charge in [0.1, 0.15) is 0 Å². The first-order valence-corrected chi connectivity index (χ1v) is 7.49. The second-order valence-corrected chi connectivity index (χ2v) is 5.46. The van der Waals surface area contributed by atoms with Crippen molar-refractivity contribution < 1.29 is 14.3 Å². The van der Waals surface area contributed by atoms with Gasteiger partial charge in [-0.2, -0.15) is 0 Å². The van der Waals surface area contributed by atoms with Gasteiger partial charge in [-0.05, 0) is 31.9 Å². The lowest BCUT2D eigenvalue weighted by Crippen LogP contribution is -2.42. The maximum atomic E-state index is 12.5. The van der Waals surface area contributed by atoms with Gasteiger partial charge in [0.15, 0.2) is 11.5 Å². The second-order valence-electron chi connectivity index (χ2n) is 5.05. The Balaban J connectivity index is 2.23. The molecule has 0 aliphatic carbocycles. The molecular formula is C15H21ClN2O3. The van der Waals surface area contributed by atoms with Crippen LogP contribution >= 0.6 is 11.6 Å². The number of likely N-dealkylation sites (tertiary alicyclic amines) is 1. The Hall–Kier alpha value is -1.46. The first-order valence-electron chi connectivity index (χ1n) is 7.12. The summed E-state index contributed by atoms with van der Waals surface area (Å²) in [5, 5.41) is 0.383. The van der Waals surface area contributed by atoms with E-state index in [0.29, 0.717) is 41.8 Å². The third kappa shape index (κ3) is 3.60. The van der Waals surface area contributed by atoms with E-state index in [1.807, 2.05) is 6.92 Å². The van der Waals surface area contributed by atoms with E-state index in [1.54, 1.807) is 17.0 Å². The Morgan fingerprint density at radius 3 is 2.67 bits per heavy atom. The number of benzene rings is 1. The van der Waals surface area contributed by atoms with E-state index in [2.05, 4.69) is 0 Å². The number of nitrogens with two attached hydrogens (primary N) is 1. The second kappa shape index (κ2) is 7.00. The van der Waals surface area contributed by atoms with E-state index in [-0.39, 0.29) is 11.9 Å². The average molecular weight is 313 g/mol. The molecule has 0 atom stereocenters. The van der Waals surface area contributed by atoms with Gasteiger partial charge in [0.25, 0.3) is 5.91 Å². The summed E-state index contributed by atoms with van der Waals surface area (Å²) in [6.45, 7) is 3.69. The SMILES string of the molecule is CCOc1c(Cl)cc(C(=O)N2CCC(N)CC2)cc1OC. The van der Waals surface area contributed by atoms with E-state index in [9.17, 15) is 4.79 Å². The van der Waals surface area contributed by atoms with Crippen molar-refractivity contribution in [3.05, 3.63) is 22.7 Å². The highest BCUT2D eigenvalue weighted by atomic mass is 35.5. The van der Waals surface area contributed by atoms with Crippen molar-refractivity contribution in [2.45, 2.75) is 25.8 Å². The van der Waals surface area contributed by atoms with Gasteiger partial charge in [0.2, 0.25) is 0 Å². The van der Waals surface area contributed by atoms with Gasteiger partial charge < -0.3 is 20.1 Å². The number of carbonyl (C=O) groups excluding carboxylic acids is 1. The summed E-state index contributed by atoms with van der Waals surface area (Å²) in [4.78, 5) is 14.3. The fourth-order valence-electron chi connectivity index (χ4n) is 2.41. The molecule has 5 nitrogen and oxygen atoms in total. The van der Waals surface area contributed by atoms with Gasteiger partial charge >= 0.3 is 0 Å². The molecular weight excluding hydrogens is 292 g/mol. The van der Waals surface area contributed by atoms with E-state index < -0.39 is 0 Å². The van der Waals surface area contributed by atoms with Crippen molar-refractivity contribution in [3.8, 4) is 11.5 Å². The van der Waals surface area contributed by atoms with E-state index in [1.165, 1.54) is 7.11 Å². The number of hydrogen-bond donors (Lipinski definition) is 1. The molecule has 0 aromatic heterocycles. The molecule has 21 heavy (non-hydrogen) atoms. The van der Waals surface area contributed by atoms with Crippen LogP contribution in [0, 0.1) is 0 Å². The molecule has 6 heteroatoms. The van der Waals surface area contributed by atoms with E-state index in [4.69, 9.17) is 26.8 Å². The highest BCUT2D eigenvalue weighted by Gasteiger charge is 2.23. The Kier molecular flexibility index (Phi) is 5.31. The van der Waals surface area contributed by atoms with E-state index >= 15 is 0 Å². The summed E-state index contributed by atoms with van der Waals surface area (Å²) in [6, 6.07) is 3.49. The fourth-order valence-corrected chi connectivity index (χ4v) is 2.68. The average Bonchev–Trinajstić information content (AvgIpc) is 2.49. The molecule has 1 aromatic rings. The van der Waals surface area contributed by atoms with Crippen molar-refractivity contribution in [2.75, 3.05) is 26.8 Å². The van der Waals surface area contributed by atoms with Gasteiger partial charge in [-0.1, -0.05) is 11.6 Å². The first-order chi connectivity index (χ1) is 10.1. The third-order valence-corrected chi connectivity index (χ3v) is 3.87. The number of carbonyl (C=O) groups is 1. The molecule has 0 saturated carbocycles. The molecule has 1 aromatic carbocycles. The highest BCUT2D eigenvalue weighted by Crippen LogP contribution is 2.36. The third-order valence-electron chi connectivity index (χ3n) is 3.59. The monoisotopic (exact) mass is 312 g/mol. The number of rotatable bonds is 4. The molecule has 1 saturated heterocycles. The molecule has 1 fully saturated rings. The molecule has 0 unspecified atom stereocenters. The van der Waals surface area contributed by atoms with Gasteiger partial charge in [-0.3, -0.25) is 4.79 Å². The van der Waals surface area contributed by atoms with Crippen LogP contribution in [0.15, 0.2) is 12.1 Å². The molecule has 2 rings (SSSR count). The Morgan fingerprint density at radius 1 is 1.43 bits per heavy atom. The fraction of sp³-hybridized carbons (Fsp3) is 0.533. The maximum absolute atomic E-state index is 12.5. The van der Waals surface area contributed by atoms with Crippen molar-refractivity contribution in [1.82, 2.24) is 4.90 Å². The minimum atomic E-state index is -0.0508. The van der Waals surface area contributed by atoms with Crippen LogP contribution in [-0.2, 0) is 0 Å². The molecule has 1 aliphatic rings. The lowest BCUT2D eigenvalue weighted by molar-refractivity contribution is 0.0714. The molecule has 1 aliphatic heterocycles. The summed E-state index contributed by atoms with van der Waals surface area (Å²) in [7, 11) is 1.53. The zero-order valence-electron chi connectivity index (χ0n) is 12.4. The Labute approximate surface area is 130 Å². The normalized spacial score (nSPS) is 15.9. The zero-order valence-corrected chi connectivity index (χ0v) is 13.2. The van der Waals surface area contributed by atoms with E-state index in [0.717, 1.165) is 12.8 Å². The Morgan fingerprint density at radius 2 is 2.10 bits per heavy atom. The minimum absolute atomic E-state index is 0.0508. The summed E-state index contributed by atoms with van der Waals surface area (Å²) < 4.78 is 10.7. The smallest absolute Gasteiger partial charge is 0.254 e. The number of nitrogens with zero attached hydrogens (tertiary/aromatic N) is 1. The zero-order chi connectivity index (χ0) is 15.4. The standard InChI is InChI=1S/C15H21ClN2O3/c1-3-21-14-12(16)8-10(9-13(14)20-2)15(19)18-6-4-11(17)5-7-18/h8-9,11H,3-7,17H2,1-2H3. The van der Waals surface area contributed by atoms with Crippen molar-refractivity contribution >= 4 is 17.5 Å². The van der Waals surface area contributed by atoms with Crippen LogP contribution in [0.5, 0.6) is 11.5 Å². The highest BCUT2D eigenvalue weighted by molar-refractivity contribution is 6.32. The van der Waals surface area contributed by atoms with Crippen LogP contribution in [-0.4, -0.2) is 43.7 Å². The summed E-state index contributed by atoms with van der Waals surface area (Å²) in [6.07, 6.45) is 1.65. The Bertz CT molecular complexity index is 514.